The highest BCUT2D eigenvalue weighted by Gasteiger charge is 2.30. The van der Waals surface area contributed by atoms with Crippen LogP contribution in [0.25, 0.3) is 28.0 Å². The molecule has 0 spiro atoms. The summed E-state index contributed by atoms with van der Waals surface area (Å²) in [6.45, 7) is 5.11. The van der Waals surface area contributed by atoms with Crippen LogP contribution in [0.15, 0.2) is 91.1 Å². The number of alkyl halides is 3. The Morgan fingerprint density at radius 3 is 2.23 bits per heavy atom. The molecule has 5 aromatic rings. The number of nitrogens with zero attached hydrogens (tertiary/aromatic N) is 4. The minimum Gasteiger partial charge on any atom is -0.497 e. The van der Waals surface area contributed by atoms with E-state index in [0.717, 1.165) is 34.2 Å². The first-order valence-electron chi connectivity index (χ1n) is 14.1. The second-order valence-electron chi connectivity index (χ2n) is 10.8. The lowest BCUT2D eigenvalue weighted by atomic mass is 10.0. The van der Waals surface area contributed by atoms with E-state index in [1.54, 1.807) is 37.4 Å². The van der Waals surface area contributed by atoms with Gasteiger partial charge in [-0.1, -0.05) is 42.0 Å². The highest BCUT2D eigenvalue weighted by Crippen LogP contribution is 2.33. The maximum Gasteiger partial charge on any atom is 0.416 e. The van der Waals surface area contributed by atoms with Crippen molar-refractivity contribution >= 4 is 11.6 Å². The number of aromatic nitrogens is 2. The number of methoxy groups -OCH3 is 1. The number of imidazole rings is 1. The Bertz CT molecular complexity index is 1750. The van der Waals surface area contributed by atoms with Crippen molar-refractivity contribution in [3.63, 3.8) is 0 Å². The molecule has 1 aliphatic heterocycles. The molecule has 0 N–H and O–H groups in total. The number of hydrogen-bond donors (Lipinski definition) is 0. The summed E-state index contributed by atoms with van der Waals surface area (Å²) in [6.07, 6.45) is -2.55. The molecule has 0 atom stereocenters. The third-order valence-electron chi connectivity index (χ3n) is 7.94. The van der Waals surface area contributed by atoms with Gasteiger partial charge in [0.25, 0.3) is 5.91 Å². The topological polar surface area (TPSA) is 50.1 Å². The molecule has 1 saturated heterocycles. The van der Waals surface area contributed by atoms with E-state index >= 15 is 0 Å². The quantitative estimate of drug-likeness (QED) is 0.217. The number of pyridine rings is 1. The molecule has 2 aromatic heterocycles. The summed E-state index contributed by atoms with van der Waals surface area (Å²) in [6, 6.07) is 24.3. The summed E-state index contributed by atoms with van der Waals surface area (Å²) in [4.78, 5) is 22.2. The summed E-state index contributed by atoms with van der Waals surface area (Å²) in [5.74, 6) is 0.693. The van der Waals surface area contributed by atoms with Gasteiger partial charge >= 0.3 is 6.18 Å². The van der Waals surface area contributed by atoms with Crippen LogP contribution >= 0.6 is 0 Å². The Morgan fingerprint density at radius 2 is 1.56 bits per heavy atom. The van der Waals surface area contributed by atoms with Crippen LogP contribution in [-0.4, -0.2) is 58.4 Å². The number of carbonyl (C=O) groups is 1. The third-order valence-corrected chi connectivity index (χ3v) is 7.94. The molecule has 0 bridgehead atoms. The van der Waals surface area contributed by atoms with Gasteiger partial charge in [0.05, 0.1) is 24.1 Å². The highest BCUT2D eigenvalue weighted by atomic mass is 19.4. The van der Waals surface area contributed by atoms with Crippen LogP contribution in [0, 0.1) is 6.92 Å². The lowest BCUT2D eigenvalue weighted by Gasteiger charge is -2.34. The zero-order valence-electron chi connectivity index (χ0n) is 23.9. The molecule has 0 unspecified atom stereocenters. The maximum atomic E-state index is 13.4. The number of halogens is 3. The van der Waals surface area contributed by atoms with E-state index in [0.29, 0.717) is 55.2 Å². The van der Waals surface area contributed by atoms with Crippen molar-refractivity contribution in [1.29, 1.82) is 0 Å². The van der Waals surface area contributed by atoms with Crippen LogP contribution in [-0.2, 0) is 12.7 Å². The molecule has 3 aromatic carbocycles. The molecule has 6 rings (SSSR count). The number of ether oxygens (including phenoxy) is 1. The fourth-order valence-corrected chi connectivity index (χ4v) is 5.47. The minimum absolute atomic E-state index is 0.0109. The summed E-state index contributed by atoms with van der Waals surface area (Å²) in [7, 11) is 1.59. The van der Waals surface area contributed by atoms with E-state index in [2.05, 4.69) is 4.90 Å². The van der Waals surface area contributed by atoms with Crippen molar-refractivity contribution in [3.8, 4) is 28.1 Å². The first-order valence-corrected chi connectivity index (χ1v) is 14.1. The molecule has 9 heteroatoms. The minimum atomic E-state index is -4.42. The Hall–Kier alpha value is -4.63. The lowest BCUT2D eigenvalue weighted by Crippen LogP contribution is -2.48. The monoisotopic (exact) mass is 584 g/mol. The number of piperazine rings is 1. The van der Waals surface area contributed by atoms with E-state index in [1.165, 1.54) is 12.1 Å². The molecule has 0 radical (unpaired) electrons. The van der Waals surface area contributed by atoms with Gasteiger partial charge in [0, 0.05) is 50.0 Å². The SMILES string of the molecule is COc1ccc(C(=O)N2CCN(Cc3c(-c4ccc(C)cc4)nc4ccc(-c5cccc(C(F)(F)F)c5)cn34)CC2)cc1. The van der Waals surface area contributed by atoms with Gasteiger partial charge in [-0.25, -0.2) is 4.98 Å². The average molecular weight is 585 g/mol. The van der Waals surface area contributed by atoms with E-state index in [1.807, 2.05) is 58.8 Å². The zero-order chi connectivity index (χ0) is 30.1. The molecule has 6 nitrogen and oxygen atoms in total. The Labute approximate surface area is 248 Å². The third kappa shape index (κ3) is 5.99. The second kappa shape index (κ2) is 11.6. The molecule has 1 aliphatic rings. The zero-order valence-corrected chi connectivity index (χ0v) is 23.9. The molecule has 1 amide bonds. The fourth-order valence-electron chi connectivity index (χ4n) is 5.47. The molecule has 1 fully saturated rings. The molecule has 220 valence electrons. The number of fused-ring (bicyclic) bond motifs is 1. The van der Waals surface area contributed by atoms with Crippen molar-refractivity contribution in [2.45, 2.75) is 19.6 Å². The largest absolute Gasteiger partial charge is 0.497 e. The summed E-state index contributed by atoms with van der Waals surface area (Å²) < 4.78 is 47.5. The number of hydrogen-bond acceptors (Lipinski definition) is 4. The predicted octanol–water partition coefficient (Wildman–Crippen LogP) is 6.96. The van der Waals surface area contributed by atoms with E-state index in [9.17, 15) is 18.0 Å². The van der Waals surface area contributed by atoms with E-state index in [-0.39, 0.29) is 5.91 Å². The predicted molar refractivity (Wildman–Crippen MR) is 160 cm³/mol. The second-order valence-corrected chi connectivity index (χ2v) is 10.8. The van der Waals surface area contributed by atoms with E-state index in [4.69, 9.17) is 9.72 Å². The molecule has 3 heterocycles. The van der Waals surface area contributed by atoms with E-state index < -0.39 is 11.7 Å². The van der Waals surface area contributed by atoms with Gasteiger partial charge in [-0.15, -0.1) is 0 Å². The molecule has 0 aliphatic carbocycles. The Morgan fingerprint density at radius 1 is 0.860 bits per heavy atom. The number of carbonyl (C=O) groups excluding carboxylic acids is 1. The van der Waals surface area contributed by atoms with Crippen LogP contribution < -0.4 is 4.74 Å². The van der Waals surface area contributed by atoms with Crippen LogP contribution in [0.3, 0.4) is 0 Å². The van der Waals surface area contributed by atoms with Crippen LogP contribution in [0.2, 0.25) is 0 Å². The van der Waals surface area contributed by atoms with Crippen molar-refractivity contribution < 1.29 is 22.7 Å². The number of rotatable bonds is 6. The highest BCUT2D eigenvalue weighted by molar-refractivity contribution is 5.94. The lowest BCUT2D eigenvalue weighted by molar-refractivity contribution is -0.137. The van der Waals surface area contributed by atoms with Crippen molar-refractivity contribution in [3.05, 3.63) is 114 Å². The number of aryl methyl sites for hydroxylation is 1. The van der Waals surface area contributed by atoms with Gasteiger partial charge in [0.15, 0.2) is 0 Å². The standard InChI is InChI=1S/C34H31F3N4O2/c1-23-6-8-24(9-7-23)32-30(22-39-16-18-40(19-17-39)33(42)25-10-13-29(43-2)14-11-25)41-21-27(12-15-31(41)38-32)26-4-3-5-28(20-26)34(35,36)37/h3-15,20-21H,16-19,22H2,1-2H3. The average Bonchev–Trinajstić information content (AvgIpc) is 3.38. The molecule has 0 saturated carbocycles. The van der Waals surface area contributed by atoms with Gasteiger partial charge in [0.1, 0.15) is 11.4 Å². The fraction of sp³-hybridized carbons (Fsp3) is 0.235. The molecular weight excluding hydrogens is 553 g/mol. The maximum absolute atomic E-state index is 13.4. The van der Waals surface area contributed by atoms with Crippen LogP contribution in [0.1, 0.15) is 27.2 Å². The van der Waals surface area contributed by atoms with Crippen molar-refractivity contribution in [1.82, 2.24) is 19.2 Å². The van der Waals surface area contributed by atoms with Crippen molar-refractivity contribution in [2.24, 2.45) is 0 Å². The summed E-state index contributed by atoms with van der Waals surface area (Å²) in [5, 5.41) is 0. The summed E-state index contributed by atoms with van der Waals surface area (Å²) >= 11 is 0. The smallest absolute Gasteiger partial charge is 0.416 e. The number of benzene rings is 3. The molecule has 43 heavy (non-hydrogen) atoms. The first-order chi connectivity index (χ1) is 20.7. The Balaban J connectivity index is 1.29. The van der Waals surface area contributed by atoms with Gasteiger partial charge in [-0.2, -0.15) is 13.2 Å². The van der Waals surface area contributed by atoms with Crippen molar-refractivity contribution in [2.75, 3.05) is 33.3 Å². The van der Waals surface area contributed by atoms with Crippen LogP contribution in [0.4, 0.5) is 13.2 Å². The number of amides is 1. The first kappa shape index (κ1) is 28.5. The van der Waals surface area contributed by atoms with Gasteiger partial charge in [-0.05, 0) is 66.6 Å². The van der Waals surface area contributed by atoms with Gasteiger partial charge in [-0.3, -0.25) is 9.69 Å². The normalized spacial score (nSPS) is 14.3. The summed E-state index contributed by atoms with van der Waals surface area (Å²) in [5.41, 5.74) is 5.70. The van der Waals surface area contributed by atoms with Gasteiger partial charge < -0.3 is 14.0 Å². The molecular formula is C34H31F3N4O2. The van der Waals surface area contributed by atoms with Crippen LogP contribution in [0.5, 0.6) is 5.75 Å². The Kier molecular flexibility index (Phi) is 7.66. The van der Waals surface area contributed by atoms with Gasteiger partial charge in [0.2, 0.25) is 0 Å².